The Labute approximate surface area is 160 Å². The van der Waals surface area contributed by atoms with E-state index in [1.807, 2.05) is 7.05 Å². The van der Waals surface area contributed by atoms with Gasteiger partial charge in [-0.3, -0.25) is 4.98 Å². The summed E-state index contributed by atoms with van der Waals surface area (Å²) in [7, 11) is -1.73. The number of fused-ring (bicyclic) bond motifs is 1. The Hall–Kier alpha value is -2.03. The van der Waals surface area contributed by atoms with Crippen molar-refractivity contribution in [3.05, 3.63) is 41.4 Å². The molecule has 1 aromatic carbocycles. The van der Waals surface area contributed by atoms with Crippen LogP contribution >= 0.6 is 0 Å². The first-order chi connectivity index (χ1) is 12.6. The molecule has 7 nitrogen and oxygen atoms in total. The van der Waals surface area contributed by atoms with E-state index < -0.39 is 15.6 Å². The maximum Gasteiger partial charge on any atom is 0.244 e. The molecule has 1 saturated heterocycles. The van der Waals surface area contributed by atoms with Crippen molar-refractivity contribution in [3.8, 4) is 0 Å². The molecule has 0 saturated carbocycles. The van der Waals surface area contributed by atoms with Gasteiger partial charge in [0, 0.05) is 64.7 Å². The largest absolute Gasteiger partial charge is 0.623 e. The van der Waals surface area contributed by atoms with E-state index in [1.165, 1.54) is 10.5 Å². The van der Waals surface area contributed by atoms with Gasteiger partial charge < -0.3 is 10.1 Å². The molecule has 0 aliphatic carbocycles. The number of hydroxylamine groups is 1. The highest BCUT2D eigenvalue weighted by Gasteiger charge is 2.31. The highest BCUT2D eigenvalue weighted by atomic mass is 32.2. The Morgan fingerprint density at radius 1 is 1.15 bits per heavy atom. The summed E-state index contributed by atoms with van der Waals surface area (Å²) in [5.41, 5.74) is -0.261. The molecule has 2 aromatic rings. The summed E-state index contributed by atoms with van der Waals surface area (Å²) in [5.74, 6) is 0. The van der Waals surface area contributed by atoms with Gasteiger partial charge in [0.1, 0.15) is 0 Å². The van der Waals surface area contributed by atoms with E-state index in [4.69, 9.17) is 0 Å². The summed E-state index contributed by atoms with van der Waals surface area (Å²) in [6, 6.07) is 5.08. The summed E-state index contributed by atoms with van der Waals surface area (Å²) in [6.07, 6.45) is 4.68. The molecule has 8 heteroatoms. The van der Waals surface area contributed by atoms with Gasteiger partial charge in [-0.25, -0.2) is 13.2 Å². The number of hydrogen-bond donors (Lipinski definition) is 0. The van der Waals surface area contributed by atoms with Gasteiger partial charge >= 0.3 is 0 Å². The highest BCUT2D eigenvalue weighted by Crippen LogP contribution is 2.27. The average Bonchev–Trinajstić information content (AvgIpc) is 2.61. The van der Waals surface area contributed by atoms with Crippen LogP contribution in [0.5, 0.6) is 0 Å². The Kier molecular flexibility index (Phi) is 5.24. The van der Waals surface area contributed by atoms with E-state index >= 15 is 0 Å². The molecule has 1 aromatic heterocycles. The molecule has 146 valence electrons. The van der Waals surface area contributed by atoms with Crippen LogP contribution in [0.1, 0.15) is 26.3 Å². The van der Waals surface area contributed by atoms with Crippen molar-refractivity contribution in [1.82, 2.24) is 14.2 Å². The van der Waals surface area contributed by atoms with Crippen molar-refractivity contribution in [2.45, 2.75) is 31.2 Å². The molecular formula is C19H26N4O3S. The molecule has 0 spiro atoms. The van der Waals surface area contributed by atoms with Crippen LogP contribution in [0.3, 0.4) is 0 Å². The minimum Gasteiger partial charge on any atom is -0.623 e. The third kappa shape index (κ3) is 3.97. The van der Waals surface area contributed by atoms with E-state index in [2.05, 4.69) is 9.88 Å². The van der Waals surface area contributed by atoms with Gasteiger partial charge in [0.05, 0.1) is 10.5 Å². The lowest BCUT2D eigenvalue weighted by Crippen LogP contribution is -2.47. The molecule has 0 radical (unpaired) electrons. The topological polar surface area (TPSA) is 79.6 Å². The lowest BCUT2D eigenvalue weighted by atomic mass is 10.1. The van der Waals surface area contributed by atoms with Crippen LogP contribution in [0.15, 0.2) is 35.5 Å². The van der Waals surface area contributed by atoms with Crippen molar-refractivity contribution in [2.24, 2.45) is 0 Å². The quantitative estimate of drug-likeness (QED) is 0.346. The number of likely N-dealkylation sites (N-methyl/N-ethyl adjacent to an activating group) is 1. The minimum absolute atomic E-state index is 0.163. The molecule has 27 heavy (non-hydrogen) atoms. The molecule has 1 aliphatic heterocycles. The summed E-state index contributed by atoms with van der Waals surface area (Å²) in [4.78, 5) is 6.37. The average molecular weight is 391 g/mol. The fourth-order valence-corrected chi connectivity index (χ4v) is 4.61. The third-order valence-corrected chi connectivity index (χ3v) is 6.77. The Bertz CT molecular complexity index is 972. The molecule has 0 unspecified atom stereocenters. The molecule has 1 fully saturated rings. The number of rotatable bonds is 3. The van der Waals surface area contributed by atoms with Crippen LogP contribution in [0.2, 0.25) is 0 Å². The first-order valence-corrected chi connectivity index (χ1v) is 10.4. The van der Waals surface area contributed by atoms with Gasteiger partial charge in [-0.15, -0.1) is 0 Å². The van der Waals surface area contributed by atoms with Crippen LogP contribution < -0.4 is 0 Å². The first kappa shape index (κ1) is 19.7. The van der Waals surface area contributed by atoms with Gasteiger partial charge in [0.25, 0.3) is 0 Å². The second-order valence-electron chi connectivity index (χ2n) is 7.91. The van der Waals surface area contributed by atoms with Crippen molar-refractivity contribution < 1.29 is 13.2 Å². The molecule has 0 amide bonds. The second-order valence-corrected chi connectivity index (χ2v) is 9.81. The van der Waals surface area contributed by atoms with Crippen LogP contribution in [0.25, 0.3) is 10.8 Å². The van der Waals surface area contributed by atoms with Gasteiger partial charge in [-0.2, -0.15) is 4.31 Å². The van der Waals surface area contributed by atoms with Crippen LogP contribution in [-0.2, 0) is 10.0 Å². The first-order valence-electron chi connectivity index (χ1n) is 8.97. The lowest BCUT2D eigenvalue weighted by molar-refractivity contribution is -0.530. The van der Waals surface area contributed by atoms with Gasteiger partial charge in [0.2, 0.25) is 10.0 Å². The summed E-state index contributed by atoms with van der Waals surface area (Å²) in [6.45, 7) is 7.62. The van der Waals surface area contributed by atoms with Crippen molar-refractivity contribution in [3.63, 3.8) is 0 Å². The molecule has 3 rings (SSSR count). The Morgan fingerprint density at radius 3 is 2.44 bits per heavy atom. The molecule has 0 N–H and O–H groups in total. The zero-order chi connectivity index (χ0) is 19.8. The number of sulfonamides is 1. The third-order valence-electron chi connectivity index (χ3n) is 4.81. The van der Waals surface area contributed by atoms with Crippen LogP contribution in [0.4, 0.5) is 0 Å². The predicted octanol–water partition coefficient (Wildman–Crippen LogP) is 1.90. The lowest BCUT2D eigenvalue weighted by Gasteiger charge is -2.32. The van der Waals surface area contributed by atoms with E-state index in [9.17, 15) is 13.6 Å². The van der Waals surface area contributed by atoms with E-state index in [0.29, 0.717) is 37.1 Å². The molecule has 2 heterocycles. The summed E-state index contributed by atoms with van der Waals surface area (Å²) < 4.78 is 29.0. The monoisotopic (exact) mass is 390 g/mol. The SMILES string of the molecule is CN1CCN(S(=O)(=O)c2ccc3cnccc3c2/C=[N+](\[O-])C(C)(C)C)CC1. The normalized spacial score (nSPS) is 18.1. The number of hydrogen-bond acceptors (Lipinski definition) is 5. The van der Waals surface area contributed by atoms with E-state index in [0.717, 1.165) is 10.1 Å². The standard InChI is InChI=1S/C19H26N4O3S/c1-19(2,3)23(24)14-17-16-7-8-20-13-15(16)5-6-18(17)27(25,26)22-11-9-21(4)10-12-22/h5-8,13-14H,9-12H2,1-4H3/b23-14-. The summed E-state index contributed by atoms with van der Waals surface area (Å²) >= 11 is 0. The maximum atomic E-state index is 13.3. The van der Waals surface area contributed by atoms with E-state index in [1.54, 1.807) is 51.4 Å². The molecular weight excluding hydrogens is 364 g/mol. The number of pyridine rings is 1. The predicted molar refractivity (Wildman–Crippen MR) is 107 cm³/mol. The van der Waals surface area contributed by atoms with Gasteiger partial charge in [0.15, 0.2) is 11.8 Å². The fourth-order valence-electron chi connectivity index (χ4n) is 3.01. The van der Waals surface area contributed by atoms with Crippen LogP contribution in [0, 0.1) is 5.21 Å². The van der Waals surface area contributed by atoms with Crippen molar-refractivity contribution in [2.75, 3.05) is 33.2 Å². The van der Waals surface area contributed by atoms with Crippen molar-refractivity contribution in [1.29, 1.82) is 0 Å². The zero-order valence-electron chi connectivity index (χ0n) is 16.2. The zero-order valence-corrected chi connectivity index (χ0v) is 17.0. The smallest absolute Gasteiger partial charge is 0.244 e. The number of benzene rings is 1. The van der Waals surface area contributed by atoms with Gasteiger partial charge in [-0.1, -0.05) is 6.07 Å². The Balaban J connectivity index is 2.19. The van der Waals surface area contributed by atoms with Gasteiger partial charge in [-0.05, 0) is 24.6 Å². The highest BCUT2D eigenvalue weighted by molar-refractivity contribution is 7.89. The molecule has 0 bridgehead atoms. The van der Waals surface area contributed by atoms with Crippen LogP contribution in [-0.4, -0.2) is 72.3 Å². The van der Waals surface area contributed by atoms with E-state index in [-0.39, 0.29) is 4.90 Å². The number of piperazine rings is 1. The molecule has 1 aliphatic rings. The van der Waals surface area contributed by atoms with Crippen molar-refractivity contribution >= 4 is 27.0 Å². The Morgan fingerprint density at radius 2 is 1.81 bits per heavy atom. The minimum atomic E-state index is -3.71. The summed E-state index contributed by atoms with van der Waals surface area (Å²) in [5, 5.41) is 14.1. The second kappa shape index (κ2) is 7.18. The molecule has 0 atom stereocenters. The maximum absolute atomic E-state index is 13.3. The number of nitrogens with zero attached hydrogens (tertiary/aromatic N) is 4. The fraction of sp³-hybridized carbons (Fsp3) is 0.474. The number of aromatic nitrogens is 1.